The van der Waals surface area contributed by atoms with Crippen LogP contribution in [0.3, 0.4) is 0 Å². The number of benzene rings is 3. The van der Waals surface area contributed by atoms with Crippen molar-refractivity contribution in [3.05, 3.63) is 114 Å². The number of furan rings is 1. The normalized spacial score (nSPS) is 13.7. The van der Waals surface area contributed by atoms with Crippen LogP contribution >= 0.6 is 0 Å². The molecular weight excluding hydrogens is 490 g/mol. The standard InChI is InChI=1S/C32H29N3O4/c1-23(36)24-12-14-27(15-13-24)34-18-20-35(21-19-34)32(38)29(31(37)33-26-10-6-3-7-11-26)22-28-16-17-30(39-28)25-8-4-2-5-9-25/h2-17,22H,18-21H2,1H3,(H,33,37)/b29-22+. The molecule has 39 heavy (non-hydrogen) atoms. The van der Waals surface area contributed by atoms with Gasteiger partial charge in [-0.2, -0.15) is 0 Å². The smallest absolute Gasteiger partial charge is 0.261 e. The first kappa shape index (κ1) is 25.7. The summed E-state index contributed by atoms with van der Waals surface area (Å²) in [4.78, 5) is 42.5. The molecule has 0 radical (unpaired) electrons. The van der Waals surface area contributed by atoms with Gasteiger partial charge in [-0.3, -0.25) is 14.4 Å². The lowest BCUT2D eigenvalue weighted by atomic mass is 10.1. The van der Waals surface area contributed by atoms with Gasteiger partial charge in [-0.25, -0.2) is 0 Å². The minimum absolute atomic E-state index is 0.00655. The van der Waals surface area contributed by atoms with E-state index in [1.165, 1.54) is 6.08 Å². The van der Waals surface area contributed by atoms with Crippen LogP contribution in [0.25, 0.3) is 17.4 Å². The number of carbonyl (C=O) groups excluding carboxylic acids is 3. The van der Waals surface area contributed by atoms with Crippen LogP contribution in [-0.4, -0.2) is 48.7 Å². The van der Waals surface area contributed by atoms with Crippen LogP contribution in [0.15, 0.2) is 107 Å². The molecule has 5 rings (SSSR count). The van der Waals surface area contributed by atoms with Crippen LogP contribution in [0.5, 0.6) is 0 Å². The highest BCUT2D eigenvalue weighted by Crippen LogP contribution is 2.24. The zero-order chi connectivity index (χ0) is 27.2. The highest BCUT2D eigenvalue weighted by molar-refractivity contribution is 6.25. The van der Waals surface area contributed by atoms with Crippen LogP contribution in [-0.2, 0) is 9.59 Å². The highest BCUT2D eigenvalue weighted by atomic mass is 16.3. The number of hydrogen-bond donors (Lipinski definition) is 1. The number of nitrogens with one attached hydrogen (secondary N) is 1. The van der Waals surface area contributed by atoms with Crippen molar-refractivity contribution >= 4 is 35.0 Å². The van der Waals surface area contributed by atoms with Gasteiger partial charge < -0.3 is 19.5 Å². The first-order valence-electron chi connectivity index (χ1n) is 12.9. The van der Waals surface area contributed by atoms with Crippen LogP contribution in [0, 0.1) is 0 Å². The Morgan fingerprint density at radius 2 is 1.41 bits per heavy atom. The van der Waals surface area contributed by atoms with Crippen LogP contribution in [0.2, 0.25) is 0 Å². The number of anilines is 2. The summed E-state index contributed by atoms with van der Waals surface area (Å²) in [6.45, 7) is 3.67. The van der Waals surface area contributed by atoms with E-state index >= 15 is 0 Å². The van der Waals surface area contributed by atoms with Gasteiger partial charge in [-0.1, -0.05) is 48.5 Å². The number of nitrogens with zero attached hydrogens (tertiary/aromatic N) is 2. The lowest BCUT2D eigenvalue weighted by Gasteiger charge is -2.36. The number of Topliss-reactive ketones (excluding diaryl/α,β-unsaturated/α-hetero) is 1. The van der Waals surface area contributed by atoms with Gasteiger partial charge in [0.25, 0.3) is 11.8 Å². The van der Waals surface area contributed by atoms with E-state index in [0.29, 0.717) is 49.0 Å². The van der Waals surface area contributed by atoms with Crippen molar-refractivity contribution in [3.8, 4) is 11.3 Å². The van der Waals surface area contributed by atoms with Crippen LogP contribution in [0.1, 0.15) is 23.0 Å². The van der Waals surface area contributed by atoms with Gasteiger partial charge in [0.05, 0.1) is 0 Å². The van der Waals surface area contributed by atoms with E-state index in [4.69, 9.17) is 4.42 Å². The fourth-order valence-electron chi connectivity index (χ4n) is 4.52. The topological polar surface area (TPSA) is 82.9 Å². The Labute approximate surface area is 227 Å². The minimum Gasteiger partial charge on any atom is -0.457 e. The zero-order valence-corrected chi connectivity index (χ0v) is 21.7. The van der Waals surface area contributed by atoms with Gasteiger partial charge in [0.1, 0.15) is 17.1 Å². The molecule has 0 atom stereocenters. The predicted octanol–water partition coefficient (Wildman–Crippen LogP) is 5.52. The second-order valence-corrected chi connectivity index (χ2v) is 9.33. The van der Waals surface area contributed by atoms with E-state index in [9.17, 15) is 14.4 Å². The molecule has 3 aromatic carbocycles. The van der Waals surface area contributed by atoms with Crippen LogP contribution in [0.4, 0.5) is 11.4 Å². The maximum atomic E-state index is 13.7. The summed E-state index contributed by atoms with van der Waals surface area (Å²) in [5.41, 5.74) is 3.18. The van der Waals surface area contributed by atoms with E-state index in [1.54, 1.807) is 30.0 Å². The molecule has 0 unspecified atom stereocenters. The van der Waals surface area contributed by atoms with Crippen molar-refractivity contribution < 1.29 is 18.8 Å². The second kappa shape index (κ2) is 11.6. The Morgan fingerprint density at radius 1 is 0.769 bits per heavy atom. The van der Waals surface area contributed by atoms with E-state index in [2.05, 4.69) is 10.2 Å². The summed E-state index contributed by atoms with van der Waals surface area (Å²) in [5.74, 6) is 0.252. The molecule has 1 aliphatic rings. The molecule has 2 heterocycles. The number of piperazine rings is 1. The lowest BCUT2D eigenvalue weighted by Crippen LogP contribution is -2.50. The molecule has 1 saturated heterocycles. The molecule has 7 heteroatoms. The molecule has 0 aliphatic carbocycles. The quantitative estimate of drug-likeness (QED) is 0.150. The average Bonchev–Trinajstić information content (AvgIpc) is 3.45. The summed E-state index contributed by atoms with van der Waals surface area (Å²) < 4.78 is 5.98. The Hall–Kier alpha value is -4.91. The van der Waals surface area contributed by atoms with E-state index in [-0.39, 0.29) is 17.3 Å². The largest absolute Gasteiger partial charge is 0.457 e. The molecule has 1 aromatic heterocycles. The summed E-state index contributed by atoms with van der Waals surface area (Å²) >= 11 is 0. The highest BCUT2D eigenvalue weighted by Gasteiger charge is 2.28. The monoisotopic (exact) mass is 519 g/mol. The molecule has 4 aromatic rings. The Bertz CT molecular complexity index is 1480. The third kappa shape index (κ3) is 6.15. The Balaban J connectivity index is 1.35. The molecule has 7 nitrogen and oxygen atoms in total. The first-order chi connectivity index (χ1) is 19.0. The molecule has 2 amide bonds. The number of rotatable bonds is 7. The Morgan fingerprint density at radius 3 is 2.05 bits per heavy atom. The summed E-state index contributed by atoms with van der Waals surface area (Å²) in [6, 6.07) is 29.8. The third-order valence-corrected chi connectivity index (χ3v) is 6.68. The molecule has 0 bridgehead atoms. The van der Waals surface area contributed by atoms with E-state index in [0.717, 1.165) is 11.3 Å². The number of carbonyl (C=O) groups is 3. The number of hydrogen-bond acceptors (Lipinski definition) is 5. The van der Waals surface area contributed by atoms with Crippen molar-refractivity contribution in [3.63, 3.8) is 0 Å². The maximum Gasteiger partial charge on any atom is 0.261 e. The van der Waals surface area contributed by atoms with E-state index < -0.39 is 5.91 Å². The van der Waals surface area contributed by atoms with Gasteiger partial charge in [0.15, 0.2) is 5.78 Å². The van der Waals surface area contributed by atoms with Crippen molar-refractivity contribution in [1.29, 1.82) is 0 Å². The van der Waals surface area contributed by atoms with E-state index in [1.807, 2.05) is 78.9 Å². The average molecular weight is 520 g/mol. The number of ketones is 1. The number of amides is 2. The van der Waals surface area contributed by atoms with Gasteiger partial charge in [0, 0.05) is 48.7 Å². The van der Waals surface area contributed by atoms with Gasteiger partial charge >= 0.3 is 0 Å². The SMILES string of the molecule is CC(=O)c1ccc(N2CCN(C(=O)/C(=C/c3ccc(-c4ccccc4)o3)C(=O)Nc3ccccc3)CC2)cc1. The molecule has 1 N–H and O–H groups in total. The minimum atomic E-state index is -0.494. The predicted molar refractivity (Wildman–Crippen MR) is 152 cm³/mol. The lowest BCUT2D eigenvalue weighted by molar-refractivity contribution is -0.129. The molecular formula is C32H29N3O4. The Kier molecular flexibility index (Phi) is 7.68. The fourth-order valence-corrected chi connectivity index (χ4v) is 4.52. The van der Waals surface area contributed by atoms with Gasteiger partial charge in [0.2, 0.25) is 0 Å². The van der Waals surface area contributed by atoms with Crippen molar-refractivity contribution in [1.82, 2.24) is 4.90 Å². The molecule has 1 fully saturated rings. The van der Waals surface area contributed by atoms with Crippen molar-refractivity contribution in [2.24, 2.45) is 0 Å². The van der Waals surface area contributed by atoms with Crippen molar-refractivity contribution in [2.45, 2.75) is 6.92 Å². The van der Waals surface area contributed by atoms with Gasteiger partial charge in [-0.05, 0) is 61.5 Å². The molecule has 1 aliphatic heterocycles. The zero-order valence-electron chi connectivity index (χ0n) is 21.7. The van der Waals surface area contributed by atoms with Crippen molar-refractivity contribution in [2.75, 3.05) is 36.4 Å². The second-order valence-electron chi connectivity index (χ2n) is 9.33. The maximum absolute atomic E-state index is 13.7. The van der Waals surface area contributed by atoms with Gasteiger partial charge in [-0.15, -0.1) is 0 Å². The number of para-hydroxylation sites is 1. The summed E-state index contributed by atoms with van der Waals surface area (Å²) in [7, 11) is 0. The fraction of sp³-hybridized carbons (Fsp3) is 0.156. The summed E-state index contributed by atoms with van der Waals surface area (Å²) in [6.07, 6.45) is 1.51. The van der Waals surface area contributed by atoms with Crippen LogP contribution < -0.4 is 10.2 Å². The third-order valence-electron chi connectivity index (χ3n) is 6.68. The molecule has 0 spiro atoms. The molecule has 196 valence electrons. The summed E-state index contributed by atoms with van der Waals surface area (Å²) in [5, 5.41) is 2.84. The first-order valence-corrected chi connectivity index (χ1v) is 12.9. The molecule has 0 saturated carbocycles.